The van der Waals surface area contributed by atoms with E-state index in [0.29, 0.717) is 6.42 Å². The summed E-state index contributed by atoms with van der Waals surface area (Å²) < 4.78 is 0. The zero-order chi connectivity index (χ0) is 14.7. The Hall–Kier alpha value is -1.21. The summed E-state index contributed by atoms with van der Waals surface area (Å²) in [6, 6.07) is 5.98. The number of carbonyl (C=O) groups is 1. The second-order valence-corrected chi connectivity index (χ2v) is 6.11. The number of likely N-dealkylation sites (tertiary alicyclic amines) is 1. The number of pyridine rings is 1. The molecule has 0 radical (unpaired) electrons. The third-order valence-corrected chi connectivity index (χ3v) is 4.57. The molecule has 3 heterocycles. The maximum Gasteiger partial charge on any atom is 0.228 e. The van der Waals surface area contributed by atoms with E-state index < -0.39 is 0 Å². The molecule has 0 atom stereocenters. The second kappa shape index (κ2) is 9.17. The number of amides is 1. The molecule has 0 bridgehead atoms. The first-order chi connectivity index (χ1) is 10.2. The highest BCUT2D eigenvalue weighted by molar-refractivity contribution is 7.13. The van der Waals surface area contributed by atoms with Crippen LogP contribution in [0.1, 0.15) is 18.5 Å². The van der Waals surface area contributed by atoms with Gasteiger partial charge < -0.3 is 10.6 Å². The van der Waals surface area contributed by atoms with E-state index in [1.54, 1.807) is 6.20 Å². The highest BCUT2D eigenvalue weighted by Crippen LogP contribution is 2.22. The van der Waals surface area contributed by atoms with Crippen LogP contribution in [0.25, 0.3) is 10.7 Å². The summed E-state index contributed by atoms with van der Waals surface area (Å²) in [5.41, 5.74) is 7.53. The summed E-state index contributed by atoms with van der Waals surface area (Å²) in [5.74, 6) is 0.139. The fourth-order valence-corrected chi connectivity index (χ4v) is 3.21. The molecule has 0 spiro atoms. The van der Waals surface area contributed by atoms with E-state index in [1.807, 2.05) is 28.5 Å². The largest absolute Gasteiger partial charge is 0.342 e. The van der Waals surface area contributed by atoms with E-state index in [2.05, 4.69) is 9.97 Å². The summed E-state index contributed by atoms with van der Waals surface area (Å²) in [5, 5.41) is 2.80. The molecule has 2 aromatic rings. The second-order valence-electron chi connectivity index (χ2n) is 5.25. The van der Waals surface area contributed by atoms with Crippen LogP contribution in [-0.2, 0) is 11.2 Å². The van der Waals surface area contributed by atoms with Crippen LogP contribution in [-0.4, -0.2) is 39.9 Å². The number of nitrogens with two attached hydrogens (primary N) is 1. The predicted octanol–water partition coefficient (Wildman–Crippen LogP) is 2.54. The molecule has 5 nitrogen and oxygen atoms in total. The fraction of sp³-hybridized carbons (Fsp3) is 0.400. The minimum atomic E-state index is 0. The molecule has 0 aromatic carbocycles. The number of nitrogens with zero attached hydrogens (tertiary/aromatic N) is 3. The summed E-state index contributed by atoms with van der Waals surface area (Å²) in [6.07, 6.45) is 3.89. The third-order valence-electron chi connectivity index (χ3n) is 3.66. The van der Waals surface area contributed by atoms with Gasteiger partial charge in [0.1, 0.15) is 5.01 Å². The summed E-state index contributed by atoms with van der Waals surface area (Å²) >= 11 is 1.53. The molecule has 1 aliphatic heterocycles. The Bertz CT molecular complexity index is 615. The highest BCUT2D eigenvalue weighted by atomic mass is 35.5. The van der Waals surface area contributed by atoms with Gasteiger partial charge in [-0.1, -0.05) is 6.07 Å². The predicted molar refractivity (Wildman–Crippen MR) is 97.3 cm³/mol. The lowest BCUT2D eigenvalue weighted by Crippen LogP contribution is -2.43. The molecule has 1 saturated heterocycles. The van der Waals surface area contributed by atoms with Crippen molar-refractivity contribution in [1.82, 2.24) is 14.9 Å². The van der Waals surface area contributed by atoms with Crippen molar-refractivity contribution in [3.8, 4) is 10.7 Å². The number of halogens is 2. The van der Waals surface area contributed by atoms with Crippen molar-refractivity contribution in [3.63, 3.8) is 0 Å². The summed E-state index contributed by atoms with van der Waals surface area (Å²) in [7, 11) is 0. The molecule has 23 heavy (non-hydrogen) atoms. The van der Waals surface area contributed by atoms with Gasteiger partial charge in [-0.3, -0.25) is 9.78 Å². The molecule has 126 valence electrons. The van der Waals surface area contributed by atoms with Crippen LogP contribution in [0.2, 0.25) is 0 Å². The maximum absolute atomic E-state index is 12.3. The van der Waals surface area contributed by atoms with Crippen molar-refractivity contribution in [1.29, 1.82) is 0 Å². The van der Waals surface area contributed by atoms with Gasteiger partial charge in [0.25, 0.3) is 0 Å². The Morgan fingerprint density at radius 3 is 2.70 bits per heavy atom. The van der Waals surface area contributed by atoms with E-state index in [1.165, 1.54) is 11.3 Å². The van der Waals surface area contributed by atoms with Gasteiger partial charge >= 0.3 is 0 Å². The Morgan fingerprint density at radius 1 is 1.30 bits per heavy atom. The number of thiazole rings is 1. The minimum Gasteiger partial charge on any atom is -0.342 e. The fourth-order valence-electron chi connectivity index (χ4n) is 2.41. The SMILES string of the molecule is Cl.Cl.NC1CCN(C(=O)Cc2csc(-c3ccccn3)n2)CC1. The molecule has 2 aromatic heterocycles. The van der Waals surface area contributed by atoms with E-state index in [0.717, 1.165) is 42.3 Å². The van der Waals surface area contributed by atoms with Crippen molar-refractivity contribution < 1.29 is 4.79 Å². The van der Waals surface area contributed by atoms with Crippen molar-refractivity contribution >= 4 is 42.1 Å². The molecule has 8 heteroatoms. The van der Waals surface area contributed by atoms with Crippen molar-refractivity contribution in [3.05, 3.63) is 35.5 Å². The molecule has 1 amide bonds. The first-order valence-corrected chi connectivity index (χ1v) is 7.99. The van der Waals surface area contributed by atoms with E-state index in [9.17, 15) is 4.79 Å². The van der Waals surface area contributed by atoms with Gasteiger partial charge in [-0.15, -0.1) is 36.2 Å². The van der Waals surface area contributed by atoms with Crippen LogP contribution >= 0.6 is 36.2 Å². The lowest BCUT2D eigenvalue weighted by atomic mass is 10.1. The van der Waals surface area contributed by atoms with Gasteiger partial charge in [0.15, 0.2) is 0 Å². The maximum atomic E-state index is 12.3. The monoisotopic (exact) mass is 374 g/mol. The van der Waals surface area contributed by atoms with Gasteiger partial charge in [0.05, 0.1) is 17.8 Å². The number of rotatable bonds is 3. The molecule has 1 aliphatic rings. The average molecular weight is 375 g/mol. The third kappa shape index (κ3) is 5.14. The van der Waals surface area contributed by atoms with Gasteiger partial charge in [0.2, 0.25) is 5.91 Å². The summed E-state index contributed by atoms with van der Waals surface area (Å²) in [4.78, 5) is 22.9. The van der Waals surface area contributed by atoms with E-state index in [-0.39, 0.29) is 36.8 Å². The molecule has 0 unspecified atom stereocenters. The van der Waals surface area contributed by atoms with Gasteiger partial charge in [-0.2, -0.15) is 0 Å². The molecule has 1 fully saturated rings. The van der Waals surface area contributed by atoms with Crippen molar-refractivity contribution in [2.75, 3.05) is 13.1 Å². The molecule has 0 aliphatic carbocycles. The molecule has 0 saturated carbocycles. The lowest BCUT2D eigenvalue weighted by Gasteiger charge is -2.30. The average Bonchev–Trinajstić information content (AvgIpc) is 2.97. The Morgan fingerprint density at radius 2 is 2.04 bits per heavy atom. The first-order valence-electron chi connectivity index (χ1n) is 7.11. The normalized spacial score (nSPS) is 14.7. The van der Waals surface area contributed by atoms with Gasteiger partial charge in [0, 0.05) is 30.7 Å². The highest BCUT2D eigenvalue weighted by Gasteiger charge is 2.21. The number of piperidine rings is 1. The molecule has 3 rings (SSSR count). The van der Waals surface area contributed by atoms with E-state index in [4.69, 9.17) is 5.73 Å². The lowest BCUT2D eigenvalue weighted by molar-refractivity contribution is -0.131. The zero-order valence-corrected chi connectivity index (χ0v) is 15.0. The van der Waals surface area contributed by atoms with Crippen LogP contribution in [0, 0.1) is 0 Å². The Balaban J connectivity index is 0.00000132. The van der Waals surface area contributed by atoms with Crippen LogP contribution in [0.4, 0.5) is 0 Å². The van der Waals surface area contributed by atoms with Crippen molar-refractivity contribution in [2.24, 2.45) is 5.73 Å². The minimum absolute atomic E-state index is 0. The number of hydrogen-bond donors (Lipinski definition) is 1. The number of carbonyl (C=O) groups excluding carboxylic acids is 1. The molecule has 2 N–H and O–H groups in total. The number of hydrogen-bond acceptors (Lipinski definition) is 5. The standard InChI is InChI=1S/C15H18N4OS.2ClH/c16-11-4-7-19(8-5-11)14(20)9-12-10-21-15(18-12)13-3-1-2-6-17-13;;/h1-3,6,10-11H,4-5,7-9,16H2;2*1H. The Kier molecular flexibility index (Phi) is 7.91. The van der Waals surface area contributed by atoms with Gasteiger partial charge in [-0.25, -0.2) is 4.98 Å². The smallest absolute Gasteiger partial charge is 0.228 e. The number of aromatic nitrogens is 2. The molecular weight excluding hydrogens is 355 g/mol. The van der Waals surface area contributed by atoms with Crippen LogP contribution in [0.5, 0.6) is 0 Å². The van der Waals surface area contributed by atoms with Crippen LogP contribution < -0.4 is 5.73 Å². The van der Waals surface area contributed by atoms with E-state index >= 15 is 0 Å². The van der Waals surface area contributed by atoms with Crippen LogP contribution in [0.15, 0.2) is 29.8 Å². The zero-order valence-electron chi connectivity index (χ0n) is 12.6. The van der Waals surface area contributed by atoms with Gasteiger partial charge in [-0.05, 0) is 25.0 Å². The summed E-state index contributed by atoms with van der Waals surface area (Å²) in [6.45, 7) is 1.52. The molecular formula is C15H20Cl2N4OS. The topological polar surface area (TPSA) is 72.1 Å². The Labute approximate surface area is 152 Å². The quantitative estimate of drug-likeness (QED) is 0.895. The van der Waals surface area contributed by atoms with Crippen LogP contribution in [0.3, 0.4) is 0 Å². The van der Waals surface area contributed by atoms with Crippen molar-refractivity contribution in [2.45, 2.75) is 25.3 Å². The first kappa shape index (κ1) is 19.8.